The molecule has 8 heteroatoms. The van der Waals surface area contributed by atoms with Crippen LogP contribution in [-0.4, -0.2) is 44.9 Å². The lowest BCUT2D eigenvalue weighted by molar-refractivity contribution is -0.129. The summed E-state index contributed by atoms with van der Waals surface area (Å²) < 4.78 is 7.15. The van der Waals surface area contributed by atoms with Gasteiger partial charge in [-0.15, -0.1) is 11.3 Å². The number of aliphatic hydroxyl groups excluding tert-OH is 1. The first-order chi connectivity index (χ1) is 14.6. The fraction of sp³-hybridized carbons (Fsp3) is 0.227. The lowest BCUT2D eigenvalue weighted by Gasteiger charge is -2.27. The van der Waals surface area contributed by atoms with E-state index in [1.165, 1.54) is 11.3 Å². The molecule has 1 aliphatic heterocycles. The number of ether oxygens (including phenoxy) is 1. The topological polar surface area (TPSA) is 84.7 Å². The molecule has 1 aromatic carbocycles. The van der Waals surface area contributed by atoms with E-state index in [4.69, 9.17) is 4.74 Å². The summed E-state index contributed by atoms with van der Waals surface area (Å²) in [6, 6.07) is 10.0. The van der Waals surface area contributed by atoms with Gasteiger partial charge in [-0.05, 0) is 35.6 Å². The molecule has 0 saturated carbocycles. The van der Waals surface area contributed by atoms with E-state index in [0.717, 1.165) is 5.56 Å². The molecule has 1 aliphatic rings. The molecule has 3 heterocycles. The number of Topliss-reactive ketones (excluding diaryl/α,β-unsaturated/α-hetero) is 1. The Morgan fingerprint density at radius 2 is 2.03 bits per heavy atom. The Hall–Kier alpha value is -3.39. The molecule has 30 heavy (non-hydrogen) atoms. The maximum Gasteiger partial charge on any atom is 0.290 e. The summed E-state index contributed by atoms with van der Waals surface area (Å²) in [5.74, 6) is -0.652. The van der Waals surface area contributed by atoms with E-state index in [0.29, 0.717) is 30.1 Å². The van der Waals surface area contributed by atoms with E-state index >= 15 is 0 Å². The molecule has 1 atom stereocenters. The summed E-state index contributed by atoms with van der Waals surface area (Å²) in [4.78, 5) is 32.1. The lowest BCUT2D eigenvalue weighted by atomic mass is 9.95. The van der Waals surface area contributed by atoms with Crippen molar-refractivity contribution in [2.45, 2.75) is 19.0 Å². The third-order valence-corrected chi connectivity index (χ3v) is 5.97. The van der Waals surface area contributed by atoms with Crippen molar-refractivity contribution in [3.8, 4) is 5.75 Å². The number of amides is 1. The van der Waals surface area contributed by atoms with Crippen molar-refractivity contribution in [1.29, 1.82) is 0 Å². The highest BCUT2D eigenvalue weighted by molar-refractivity contribution is 7.12. The number of aryl methyl sites for hydroxylation is 1. The molecule has 1 N–H and O–H groups in total. The molecular weight excluding hydrogens is 402 g/mol. The fourth-order valence-electron chi connectivity index (χ4n) is 3.63. The van der Waals surface area contributed by atoms with Gasteiger partial charge < -0.3 is 19.3 Å². The molecule has 3 aromatic rings. The molecule has 0 fully saturated rings. The number of benzene rings is 1. The van der Waals surface area contributed by atoms with Crippen LogP contribution in [0.4, 0.5) is 0 Å². The number of carbonyl (C=O) groups excluding carboxylic acids is 2. The molecule has 0 bridgehead atoms. The van der Waals surface area contributed by atoms with E-state index in [1.54, 1.807) is 54.2 Å². The Kier molecular flexibility index (Phi) is 5.67. The number of nitrogens with zero attached hydrogens (tertiary/aromatic N) is 3. The number of aromatic nitrogens is 2. The van der Waals surface area contributed by atoms with Crippen LogP contribution in [0.3, 0.4) is 0 Å². The molecule has 1 unspecified atom stereocenters. The van der Waals surface area contributed by atoms with Crippen LogP contribution in [-0.2, 0) is 11.3 Å². The van der Waals surface area contributed by atoms with Gasteiger partial charge in [0, 0.05) is 25.5 Å². The summed E-state index contributed by atoms with van der Waals surface area (Å²) in [6.45, 7) is 1.06. The highest BCUT2D eigenvalue weighted by atomic mass is 32.1. The average molecular weight is 423 g/mol. The molecule has 0 aliphatic carbocycles. The minimum atomic E-state index is -0.652. The van der Waals surface area contributed by atoms with Gasteiger partial charge in [0.15, 0.2) is 5.76 Å². The Morgan fingerprint density at radius 1 is 1.23 bits per heavy atom. The molecule has 0 saturated heterocycles. The van der Waals surface area contributed by atoms with Crippen LogP contribution < -0.4 is 4.74 Å². The van der Waals surface area contributed by atoms with E-state index in [1.807, 2.05) is 22.9 Å². The number of carbonyl (C=O) groups is 2. The third-order valence-electron chi connectivity index (χ3n) is 5.10. The minimum Gasteiger partial charge on any atom is -0.503 e. The van der Waals surface area contributed by atoms with E-state index in [9.17, 15) is 14.7 Å². The number of ketones is 1. The standard InChI is InChI=1S/C22H21N3O4S/c1-29-16-7-5-15(6-8-16)19-18(20(26)17-4-2-13-30-17)21(27)22(28)25(19)11-3-10-24-12-9-23-14-24/h2,4-9,12-14,19,27H,3,10-11H2,1H3. The third kappa shape index (κ3) is 3.73. The van der Waals surface area contributed by atoms with Crippen LogP contribution in [0.2, 0.25) is 0 Å². The molecule has 7 nitrogen and oxygen atoms in total. The van der Waals surface area contributed by atoms with Gasteiger partial charge in [-0.25, -0.2) is 4.98 Å². The van der Waals surface area contributed by atoms with Crippen LogP contribution in [0.15, 0.2) is 71.8 Å². The van der Waals surface area contributed by atoms with Gasteiger partial charge in [0.25, 0.3) is 5.91 Å². The van der Waals surface area contributed by atoms with Crippen LogP contribution in [0.5, 0.6) is 5.75 Å². The van der Waals surface area contributed by atoms with Gasteiger partial charge in [0.05, 0.1) is 29.9 Å². The molecule has 4 rings (SSSR count). The smallest absolute Gasteiger partial charge is 0.290 e. The Morgan fingerprint density at radius 3 is 2.67 bits per heavy atom. The van der Waals surface area contributed by atoms with Crippen molar-refractivity contribution in [2.24, 2.45) is 0 Å². The normalized spacial score (nSPS) is 16.4. The summed E-state index contributed by atoms with van der Waals surface area (Å²) >= 11 is 1.29. The highest BCUT2D eigenvalue weighted by Gasteiger charge is 2.43. The molecule has 2 aromatic heterocycles. The quantitative estimate of drug-likeness (QED) is 0.560. The number of rotatable bonds is 8. The van der Waals surface area contributed by atoms with Crippen LogP contribution in [0.1, 0.15) is 27.7 Å². The Labute approximate surface area is 177 Å². The van der Waals surface area contributed by atoms with Crippen LogP contribution >= 0.6 is 11.3 Å². The zero-order chi connectivity index (χ0) is 21.1. The van der Waals surface area contributed by atoms with Gasteiger partial charge in [-0.2, -0.15) is 0 Å². The van der Waals surface area contributed by atoms with Crippen molar-refractivity contribution < 1.29 is 19.4 Å². The first-order valence-corrected chi connectivity index (χ1v) is 10.4. The number of thiophene rings is 1. The predicted molar refractivity (Wildman–Crippen MR) is 113 cm³/mol. The van der Waals surface area contributed by atoms with E-state index < -0.39 is 17.7 Å². The van der Waals surface area contributed by atoms with Crippen molar-refractivity contribution >= 4 is 23.0 Å². The first-order valence-electron chi connectivity index (χ1n) is 9.52. The maximum atomic E-state index is 13.2. The number of imidazole rings is 1. The highest BCUT2D eigenvalue weighted by Crippen LogP contribution is 2.40. The van der Waals surface area contributed by atoms with Crippen molar-refractivity contribution in [3.63, 3.8) is 0 Å². The second-order valence-electron chi connectivity index (χ2n) is 6.90. The number of hydrogen-bond acceptors (Lipinski definition) is 6. The molecule has 154 valence electrons. The van der Waals surface area contributed by atoms with Crippen LogP contribution in [0.25, 0.3) is 0 Å². The zero-order valence-electron chi connectivity index (χ0n) is 16.4. The minimum absolute atomic E-state index is 0.121. The summed E-state index contributed by atoms with van der Waals surface area (Å²) in [5, 5.41) is 12.4. The number of methoxy groups -OCH3 is 1. The monoisotopic (exact) mass is 423 g/mol. The van der Waals surface area contributed by atoms with Crippen molar-refractivity contribution in [3.05, 3.63) is 82.3 Å². The van der Waals surface area contributed by atoms with Crippen LogP contribution in [0, 0.1) is 0 Å². The number of aliphatic hydroxyl groups is 1. The Balaban J connectivity index is 1.66. The van der Waals surface area contributed by atoms with Crippen molar-refractivity contribution in [2.75, 3.05) is 13.7 Å². The van der Waals surface area contributed by atoms with Gasteiger partial charge >= 0.3 is 0 Å². The van der Waals surface area contributed by atoms with E-state index in [2.05, 4.69) is 4.98 Å². The van der Waals surface area contributed by atoms with Gasteiger partial charge in [-0.3, -0.25) is 9.59 Å². The van der Waals surface area contributed by atoms with E-state index in [-0.39, 0.29) is 11.4 Å². The van der Waals surface area contributed by atoms with Gasteiger partial charge in [0.2, 0.25) is 5.78 Å². The zero-order valence-corrected chi connectivity index (χ0v) is 17.2. The molecular formula is C22H21N3O4S. The second-order valence-corrected chi connectivity index (χ2v) is 7.84. The van der Waals surface area contributed by atoms with Crippen molar-refractivity contribution in [1.82, 2.24) is 14.5 Å². The first kappa shape index (κ1) is 19.9. The summed E-state index contributed by atoms with van der Waals surface area (Å²) in [6.07, 6.45) is 5.93. The maximum absolute atomic E-state index is 13.2. The average Bonchev–Trinajstić information content (AvgIpc) is 3.52. The van der Waals surface area contributed by atoms with Gasteiger partial charge in [0.1, 0.15) is 5.75 Å². The van der Waals surface area contributed by atoms with Gasteiger partial charge in [-0.1, -0.05) is 18.2 Å². The Bertz CT molecular complexity index is 1060. The SMILES string of the molecule is COc1ccc(C2C(C(=O)c3cccs3)=C(O)C(=O)N2CCCn2ccnc2)cc1. The summed E-state index contributed by atoms with van der Waals surface area (Å²) in [5.41, 5.74) is 0.867. The second kappa shape index (κ2) is 8.54. The predicted octanol–water partition coefficient (Wildman–Crippen LogP) is 3.62. The number of hydrogen-bond donors (Lipinski definition) is 1. The largest absolute Gasteiger partial charge is 0.503 e. The fourth-order valence-corrected chi connectivity index (χ4v) is 4.31. The lowest BCUT2D eigenvalue weighted by Crippen LogP contribution is -2.32. The molecule has 1 amide bonds. The summed E-state index contributed by atoms with van der Waals surface area (Å²) in [7, 11) is 1.58. The molecule has 0 radical (unpaired) electrons. The molecule has 0 spiro atoms.